The summed E-state index contributed by atoms with van der Waals surface area (Å²) in [5.74, 6) is -1.46. The SMILES string of the molecule is COc1ccccc1N1C[C@H](C(=O)O[C@H](C)C(=O)Nc2ccc(C#N)cc2)CC1=O. The molecule has 8 heteroatoms. The van der Waals surface area contributed by atoms with Crippen LogP contribution < -0.4 is 15.0 Å². The Kier molecular flexibility index (Phi) is 6.32. The van der Waals surface area contributed by atoms with Gasteiger partial charge in [-0.05, 0) is 43.3 Å². The molecule has 1 saturated heterocycles. The van der Waals surface area contributed by atoms with Crippen LogP contribution in [0.2, 0.25) is 0 Å². The van der Waals surface area contributed by atoms with Crippen LogP contribution in [0.5, 0.6) is 5.75 Å². The summed E-state index contributed by atoms with van der Waals surface area (Å²) in [6.45, 7) is 1.62. The number of hydrogen-bond donors (Lipinski definition) is 1. The highest BCUT2D eigenvalue weighted by molar-refractivity contribution is 6.01. The van der Waals surface area contributed by atoms with E-state index in [-0.39, 0.29) is 18.9 Å². The van der Waals surface area contributed by atoms with Crippen LogP contribution in [0, 0.1) is 17.2 Å². The van der Waals surface area contributed by atoms with E-state index in [4.69, 9.17) is 14.7 Å². The maximum absolute atomic E-state index is 12.5. The summed E-state index contributed by atoms with van der Waals surface area (Å²) in [6, 6.07) is 15.4. The molecule has 1 aliphatic heterocycles. The second-order valence-corrected chi connectivity index (χ2v) is 6.83. The fourth-order valence-corrected chi connectivity index (χ4v) is 3.15. The summed E-state index contributed by atoms with van der Waals surface area (Å²) in [6.07, 6.45) is -1.04. The molecule has 2 aromatic carbocycles. The van der Waals surface area contributed by atoms with Crippen LogP contribution in [0.4, 0.5) is 11.4 Å². The number of nitriles is 1. The van der Waals surface area contributed by atoms with Crippen molar-refractivity contribution in [3.8, 4) is 11.8 Å². The standard InChI is InChI=1S/C22H21N3O5/c1-14(21(27)24-17-9-7-15(12-23)8-10-17)30-22(28)16-11-20(26)25(13-16)18-5-3-4-6-19(18)29-2/h3-10,14,16H,11,13H2,1-2H3,(H,24,27)/t14-,16-/m1/s1. The highest BCUT2D eigenvalue weighted by Crippen LogP contribution is 2.33. The molecule has 2 amide bonds. The van der Waals surface area contributed by atoms with Crippen LogP contribution in [0.15, 0.2) is 48.5 Å². The Balaban J connectivity index is 1.59. The molecule has 154 valence electrons. The molecule has 0 saturated carbocycles. The number of esters is 1. The molecule has 0 spiro atoms. The number of anilines is 2. The normalized spacial score (nSPS) is 16.5. The van der Waals surface area contributed by atoms with Gasteiger partial charge in [0.1, 0.15) is 5.75 Å². The van der Waals surface area contributed by atoms with E-state index in [1.807, 2.05) is 6.07 Å². The van der Waals surface area contributed by atoms with Crippen molar-refractivity contribution in [1.29, 1.82) is 5.26 Å². The largest absolute Gasteiger partial charge is 0.495 e. The third kappa shape index (κ3) is 4.58. The molecule has 2 atom stereocenters. The molecular weight excluding hydrogens is 386 g/mol. The molecule has 0 radical (unpaired) electrons. The lowest BCUT2D eigenvalue weighted by Gasteiger charge is -2.20. The van der Waals surface area contributed by atoms with Crippen molar-refractivity contribution in [3.05, 3.63) is 54.1 Å². The molecule has 0 bridgehead atoms. The van der Waals surface area contributed by atoms with E-state index in [9.17, 15) is 14.4 Å². The summed E-state index contributed by atoms with van der Waals surface area (Å²) < 4.78 is 10.6. The second kappa shape index (κ2) is 9.09. The molecule has 1 aliphatic rings. The van der Waals surface area contributed by atoms with Gasteiger partial charge in [-0.2, -0.15) is 5.26 Å². The van der Waals surface area contributed by atoms with E-state index in [2.05, 4.69) is 5.32 Å². The maximum Gasteiger partial charge on any atom is 0.312 e. The number of nitrogens with one attached hydrogen (secondary N) is 1. The summed E-state index contributed by atoms with van der Waals surface area (Å²) in [5, 5.41) is 11.4. The number of methoxy groups -OCH3 is 1. The van der Waals surface area contributed by atoms with Gasteiger partial charge in [0.05, 0.1) is 30.3 Å². The zero-order chi connectivity index (χ0) is 21.7. The van der Waals surface area contributed by atoms with E-state index in [1.54, 1.807) is 48.5 Å². The molecule has 0 aliphatic carbocycles. The van der Waals surface area contributed by atoms with Gasteiger partial charge in [0.2, 0.25) is 5.91 Å². The molecule has 30 heavy (non-hydrogen) atoms. The smallest absolute Gasteiger partial charge is 0.312 e. The molecule has 2 aromatic rings. The average molecular weight is 407 g/mol. The van der Waals surface area contributed by atoms with Gasteiger partial charge in [-0.15, -0.1) is 0 Å². The third-order valence-corrected chi connectivity index (χ3v) is 4.78. The monoisotopic (exact) mass is 407 g/mol. The van der Waals surface area contributed by atoms with Crippen molar-refractivity contribution < 1.29 is 23.9 Å². The molecule has 0 aromatic heterocycles. The Morgan fingerprint density at radius 1 is 1.20 bits per heavy atom. The first-order chi connectivity index (χ1) is 14.4. The summed E-state index contributed by atoms with van der Waals surface area (Å²) in [5.41, 5.74) is 1.55. The van der Waals surface area contributed by atoms with Crippen LogP contribution in [-0.2, 0) is 19.1 Å². The number of amides is 2. The minimum absolute atomic E-state index is 0.000836. The summed E-state index contributed by atoms with van der Waals surface area (Å²) >= 11 is 0. The van der Waals surface area contributed by atoms with Gasteiger partial charge in [0, 0.05) is 18.7 Å². The van der Waals surface area contributed by atoms with Crippen LogP contribution in [0.1, 0.15) is 18.9 Å². The van der Waals surface area contributed by atoms with Crippen molar-refractivity contribution in [2.75, 3.05) is 23.9 Å². The van der Waals surface area contributed by atoms with Gasteiger partial charge >= 0.3 is 5.97 Å². The van der Waals surface area contributed by atoms with Gasteiger partial charge in [0.25, 0.3) is 5.91 Å². The average Bonchev–Trinajstić information content (AvgIpc) is 3.15. The van der Waals surface area contributed by atoms with E-state index in [0.29, 0.717) is 22.7 Å². The zero-order valence-corrected chi connectivity index (χ0v) is 16.6. The molecule has 1 heterocycles. The number of nitrogens with zero attached hydrogens (tertiary/aromatic N) is 2. The molecule has 1 N–H and O–H groups in total. The van der Waals surface area contributed by atoms with Gasteiger partial charge in [-0.1, -0.05) is 12.1 Å². The Bertz CT molecular complexity index is 997. The number of carbonyl (C=O) groups excluding carboxylic acids is 3. The number of ether oxygens (including phenoxy) is 2. The quantitative estimate of drug-likeness (QED) is 0.737. The van der Waals surface area contributed by atoms with Crippen molar-refractivity contribution in [2.24, 2.45) is 5.92 Å². The van der Waals surface area contributed by atoms with Crippen molar-refractivity contribution in [3.63, 3.8) is 0 Å². The first kappa shape index (κ1) is 20.9. The number of carbonyl (C=O) groups is 3. The lowest BCUT2D eigenvalue weighted by Crippen LogP contribution is -2.33. The van der Waals surface area contributed by atoms with E-state index < -0.39 is 23.9 Å². The van der Waals surface area contributed by atoms with Crippen LogP contribution in [-0.4, -0.2) is 37.5 Å². The Morgan fingerprint density at radius 3 is 2.57 bits per heavy atom. The van der Waals surface area contributed by atoms with Gasteiger partial charge < -0.3 is 19.7 Å². The summed E-state index contributed by atoms with van der Waals surface area (Å²) in [4.78, 5) is 38.8. The predicted octanol–water partition coefficient (Wildman–Crippen LogP) is 2.49. The highest BCUT2D eigenvalue weighted by atomic mass is 16.5. The lowest BCUT2D eigenvalue weighted by atomic mass is 10.1. The second-order valence-electron chi connectivity index (χ2n) is 6.83. The zero-order valence-electron chi connectivity index (χ0n) is 16.6. The summed E-state index contributed by atoms with van der Waals surface area (Å²) in [7, 11) is 1.51. The first-order valence-electron chi connectivity index (χ1n) is 9.38. The highest BCUT2D eigenvalue weighted by Gasteiger charge is 2.38. The van der Waals surface area contributed by atoms with E-state index >= 15 is 0 Å². The van der Waals surface area contributed by atoms with Crippen molar-refractivity contribution in [2.45, 2.75) is 19.4 Å². The van der Waals surface area contributed by atoms with E-state index in [0.717, 1.165) is 0 Å². The maximum atomic E-state index is 12.5. The minimum Gasteiger partial charge on any atom is -0.495 e. The number of hydrogen-bond acceptors (Lipinski definition) is 6. The predicted molar refractivity (Wildman–Crippen MR) is 109 cm³/mol. The Labute approximate surface area is 174 Å². The topological polar surface area (TPSA) is 109 Å². The first-order valence-corrected chi connectivity index (χ1v) is 9.38. The Hall–Kier alpha value is -3.86. The van der Waals surface area contributed by atoms with Crippen molar-refractivity contribution >= 4 is 29.2 Å². The van der Waals surface area contributed by atoms with Gasteiger partial charge in [0.15, 0.2) is 6.10 Å². The van der Waals surface area contributed by atoms with Crippen molar-refractivity contribution in [1.82, 2.24) is 0 Å². The third-order valence-electron chi connectivity index (χ3n) is 4.78. The molecule has 8 nitrogen and oxygen atoms in total. The number of para-hydroxylation sites is 2. The van der Waals surface area contributed by atoms with Gasteiger partial charge in [-0.3, -0.25) is 14.4 Å². The molecule has 1 fully saturated rings. The number of benzene rings is 2. The molecular formula is C22H21N3O5. The molecule has 3 rings (SSSR count). The fraction of sp³-hybridized carbons (Fsp3) is 0.273. The minimum atomic E-state index is -1.04. The molecule has 0 unspecified atom stereocenters. The number of rotatable bonds is 6. The fourth-order valence-electron chi connectivity index (χ4n) is 3.15. The van der Waals surface area contributed by atoms with Crippen LogP contribution >= 0.6 is 0 Å². The Morgan fingerprint density at radius 2 is 1.90 bits per heavy atom. The van der Waals surface area contributed by atoms with Gasteiger partial charge in [-0.25, -0.2) is 0 Å². The lowest BCUT2D eigenvalue weighted by molar-refractivity contribution is -0.157. The van der Waals surface area contributed by atoms with Crippen LogP contribution in [0.25, 0.3) is 0 Å². The van der Waals surface area contributed by atoms with E-state index in [1.165, 1.54) is 18.9 Å². The van der Waals surface area contributed by atoms with Crippen LogP contribution in [0.3, 0.4) is 0 Å².